The predicted octanol–water partition coefficient (Wildman–Crippen LogP) is 5.83. The summed E-state index contributed by atoms with van der Waals surface area (Å²) in [6, 6.07) is 18.0. The number of aliphatic imine (C=N–C) groups is 1. The summed E-state index contributed by atoms with van der Waals surface area (Å²) in [6.07, 6.45) is 2.37. The van der Waals surface area contributed by atoms with E-state index in [-0.39, 0.29) is 17.5 Å². The van der Waals surface area contributed by atoms with E-state index in [1.165, 1.54) is 0 Å². The van der Waals surface area contributed by atoms with Crippen LogP contribution < -0.4 is 0 Å². The van der Waals surface area contributed by atoms with Gasteiger partial charge in [-0.15, -0.1) is 0 Å². The molecule has 0 heterocycles. The number of benzene rings is 2. The van der Waals surface area contributed by atoms with Gasteiger partial charge in [-0.25, -0.2) is 0 Å². The molecule has 0 radical (unpaired) electrons. The molecule has 1 atom stereocenters. The molecule has 0 aliphatic heterocycles. The lowest BCUT2D eigenvalue weighted by molar-refractivity contribution is -0.115. The summed E-state index contributed by atoms with van der Waals surface area (Å²) in [5, 5.41) is 10.5. The van der Waals surface area contributed by atoms with E-state index in [0.29, 0.717) is 30.5 Å². The monoisotopic (exact) mass is 347 g/mol. The smallest absolute Gasteiger partial charge is 0.168 e. The number of carbonyl (C=O) groups excluding carboxylic acids is 1. The van der Waals surface area contributed by atoms with Crippen LogP contribution in [0.4, 0.5) is 5.69 Å². The van der Waals surface area contributed by atoms with Crippen LogP contribution >= 0.6 is 0 Å². The van der Waals surface area contributed by atoms with Gasteiger partial charge in [-0.05, 0) is 42.9 Å². The first-order valence-corrected chi connectivity index (χ1v) is 9.24. The Kier molecular flexibility index (Phi) is 5.67. The van der Waals surface area contributed by atoms with Crippen LogP contribution in [0.3, 0.4) is 0 Å². The van der Waals surface area contributed by atoms with E-state index in [9.17, 15) is 9.90 Å². The summed E-state index contributed by atoms with van der Waals surface area (Å²) in [7, 11) is 0. The first-order chi connectivity index (χ1) is 12.6. The molecule has 3 heteroatoms. The van der Waals surface area contributed by atoms with Crippen molar-refractivity contribution in [3.05, 3.63) is 77.1 Å². The maximum atomic E-state index is 12.9. The quantitative estimate of drug-likeness (QED) is 0.559. The molecule has 1 N–H and O–H groups in total. The topological polar surface area (TPSA) is 49.7 Å². The summed E-state index contributed by atoms with van der Waals surface area (Å²) >= 11 is 0. The highest BCUT2D eigenvalue weighted by atomic mass is 16.3. The van der Waals surface area contributed by atoms with E-state index in [4.69, 9.17) is 4.99 Å². The van der Waals surface area contributed by atoms with Crippen molar-refractivity contribution < 1.29 is 9.90 Å². The summed E-state index contributed by atoms with van der Waals surface area (Å²) < 4.78 is 0. The van der Waals surface area contributed by atoms with Crippen molar-refractivity contribution in [1.82, 2.24) is 0 Å². The molecule has 3 nitrogen and oxygen atoms in total. The minimum atomic E-state index is -0.0108. The Hall–Kier alpha value is -2.68. The third-order valence-corrected chi connectivity index (χ3v) is 4.86. The van der Waals surface area contributed by atoms with Gasteiger partial charge >= 0.3 is 0 Å². The first kappa shape index (κ1) is 18.1. The lowest BCUT2D eigenvalue weighted by atomic mass is 9.78. The van der Waals surface area contributed by atoms with E-state index in [2.05, 4.69) is 12.1 Å². The van der Waals surface area contributed by atoms with Crippen molar-refractivity contribution in [2.75, 3.05) is 0 Å². The van der Waals surface area contributed by atoms with Gasteiger partial charge in [-0.2, -0.15) is 0 Å². The van der Waals surface area contributed by atoms with E-state index in [1.807, 2.05) is 56.3 Å². The average Bonchev–Trinajstić information content (AvgIpc) is 2.64. The number of aliphatic hydroxyl groups excluding tert-OH is 1. The second-order valence-electron chi connectivity index (χ2n) is 6.86. The van der Waals surface area contributed by atoms with Gasteiger partial charge in [0.2, 0.25) is 0 Å². The molecule has 1 aliphatic rings. The van der Waals surface area contributed by atoms with Crippen molar-refractivity contribution in [3.63, 3.8) is 0 Å². The van der Waals surface area contributed by atoms with Crippen LogP contribution in [0.5, 0.6) is 0 Å². The fourth-order valence-electron chi connectivity index (χ4n) is 3.48. The van der Waals surface area contributed by atoms with Crippen molar-refractivity contribution >= 4 is 17.2 Å². The number of carbonyl (C=O) groups is 1. The molecule has 1 fully saturated rings. The average molecular weight is 347 g/mol. The lowest BCUT2D eigenvalue weighted by Crippen LogP contribution is -2.26. The summed E-state index contributed by atoms with van der Waals surface area (Å²) in [4.78, 5) is 17.7. The lowest BCUT2D eigenvalue weighted by Gasteiger charge is -2.26. The molecule has 0 spiro atoms. The Morgan fingerprint density at radius 2 is 1.77 bits per heavy atom. The molecular formula is C23H25NO2. The molecule has 26 heavy (non-hydrogen) atoms. The van der Waals surface area contributed by atoms with Crippen LogP contribution in [-0.2, 0) is 4.79 Å². The van der Waals surface area contributed by atoms with Crippen LogP contribution in [0.25, 0.3) is 0 Å². The molecule has 2 aromatic carbocycles. The third kappa shape index (κ3) is 3.93. The Morgan fingerprint density at radius 3 is 2.46 bits per heavy atom. The normalized spacial score (nSPS) is 21.1. The summed E-state index contributed by atoms with van der Waals surface area (Å²) in [5.41, 5.74) is 4.19. The second kappa shape index (κ2) is 8.13. The standard InChI is InChI=1S/C23H25NO2/c1-3-9-21(25)23-20(24-19-13-8-7-10-16(19)2)14-18(15-22(23)26)17-11-5-4-6-12-17/h4-8,10-13,18,25H,3,9,14-15H2,1-2H3/b23-21+,24-20?/t18-/m0/s1. The summed E-state index contributed by atoms with van der Waals surface area (Å²) in [6.45, 7) is 4.00. The summed E-state index contributed by atoms with van der Waals surface area (Å²) in [5.74, 6) is 0.268. The number of nitrogens with zero attached hydrogens (tertiary/aromatic N) is 1. The van der Waals surface area contributed by atoms with E-state index in [0.717, 1.165) is 23.2 Å². The fraction of sp³-hybridized carbons (Fsp3) is 0.304. The van der Waals surface area contributed by atoms with Gasteiger partial charge in [0.05, 0.1) is 17.0 Å². The molecular weight excluding hydrogens is 322 g/mol. The molecule has 2 aromatic rings. The Labute approximate surface area is 155 Å². The highest BCUT2D eigenvalue weighted by Crippen LogP contribution is 2.35. The van der Waals surface area contributed by atoms with Crippen LogP contribution in [-0.4, -0.2) is 16.6 Å². The van der Waals surface area contributed by atoms with Gasteiger partial charge in [-0.3, -0.25) is 9.79 Å². The van der Waals surface area contributed by atoms with Crippen molar-refractivity contribution in [1.29, 1.82) is 0 Å². The molecule has 134 valence electrons. The number of rotatable bonds is 4. The van der Waals surface area contributed by atoms with Gasteiger partial charge in [0.25, 0.3) is 0 Å². The highest BCUT2D eigenvalue weighted by molar-refractivity contribution is 6.25. The van der Waals surface area contributed by atoms with Crippen molar-refractivity contribution in [3.8, 4) is 0 Å². The molecule has 1 saturated carbocycles. The molecule has 0 unspecified atom stereocenters. The largest absolute Gasteiger partial charge is 0.511 e. The van der Waals surface area contributed by atoms with Gasteiger partial charge in [0.1, 0.15) is 5.76 Å². The fourth-order valence-corrected chi connectivity index (χ4v) is 3.48. The number of Topliss-reactive ketones (excluding diaryl/α,β-unsaturated/α-hetero) is 1. The molecule has 0 bridgehead atoms. The minimum absolute atomic E-state index is 0.0108. The Balaban J connectivity index is 2.05. The van der Waals surface area contributed by atoms with Crippen molar-refractivity contribution in [2.45, 2.75) is 45.4 Å². The van der Waals surface area contributed by atoms with Crippen LogP contribution in [0.1, 0.15) is 49.7 Å². The zero-order valence-corrected chi connectivity index (χ0v) is 15.4. The van der Waals surface area contributed by atoms with Crippen molar-refractivity contribution in [2.24, 2.45) is 4.99 Å². The van der Waals surface area contributed by atoms with Gasteiger partial charge in [0.15, 0.2) is 5.78 Å². The third-order valence-electron chi connectivity index (χ3n) is 4.86. The Bertz CT molecular complexity index is 850. The number of hydrogen-bond acceptors (Lipinski definition) is 3. The number of allylic oxidation sites excluding steroid dienone is 2. The number of para-hydroxylation sites is 1. The molecule has 0 aromatic heterocycles. The van der Waals surface area contributed by atoms with Crippen LogP contribution in [0.2, 0.25) is 0 Å². The second-order valence-corrected chi connectivity index (χ2v) is 6.86. The number of aliphatic hydroxyl groups is 1. The molecule has 1 aliphatic carbocycles. The zero-order chi connectivity index (χ0) is 18.5. The maximum Gasteiger partial charge on any atom is 0.168 e. The molecule has 0 saturated heterocycles. The molecule has 0 amide bonds. The van der Waals surface area contributed by atoms with Crippen LogP contribution in [0.15, 0.2) is 70.9 Å². The predicted molar refractivity (Wildman–Crippen MR) is 106 cm³/mol. The SMILES string of the molecule is CCC/C(O)=C1\C(=O)C[C@@H](c2ccccc2)CC1=Nc1ccccc1C. The van der Waals surface area contributed by atoms with E-state index < -0.39 is 0 Å². The van der Waals surface area contributed by atoms with E-state index in [1.54, 1.807) is 0 Å². The number of aryl methyl sites for hydroxylation is 1. The van der Waals surface area contributed by atoms with Crippen LogP contribution in [0, 0.1) is 6.92 Å². The molecule has 3 rings (SSSR count). The maximum absolute atomic E-state index is 12.9. The number of ketones is 1. The zero-order valence-electron chi connectivity index (χ0n) is 15.4. The first-order valence-electron chi connectivity index (χ1n) is 9.24. The van der Waals surface area contributed by atoms with Gasteiger partial charge in [0, 0.05) is 12.8 Å². The van der Waals surface area contributed by atoms with Gasteiger partial charge < -0.3 is 5.11 Å². The Morgan fingerprint density at radius 1 is 1.08 bits per heavy atom. The van der Waals surface area contributed by atoms with E-state index >= 15 is 0 Å². The number of hydrogen-bond donors (Lipinski definition) is 1. The highest BCUT2D eigenvalue weighted by Gasteiger charge is 2.32. The minimum Gasteiger partial charge on any atom is -0.511 e. The van der Waals surface area contributed by atoms with Gasteiger partial charge in [-0.1, -0.05) is 55.5 Å².